The predicted octanol–water partition coefficient (Wildman–Crippen LogP) is 4.28. The molecule has 7 heteroatoms. The molecule has 0 saturated carbocycles. The van der Waals surface area contributed by atoms with Crippen molar-refractivity contribution >= 4 is 22.6 Å². The number of amides is 1. The largest absolute Gasteiger partial charge is 0.505 e. The smallest absolute Gasteiger partial charge is 0.360 e. The van der Waals surface area contributed by atoms with Crippen LogP contribution in [0.5, 0.6) is 17.2 Å². The number of pyridine rings is 1. The first-order valence-electron chi connectivity index (χ1n) is 9.68. The summed E-state index contributed by atoms with van der Waals surface area (Å²) in [5.74, 6) is 0.100. The minimum atomic E-state index is -0.701. The fraction of sp³-hybridized carbons (Fsp3) is 0.261. The van der Waals surface area contributed by atoms with Crippen molar-refractivity contribution in [3.05, 3.63) is 59.9 Å². The van der Waals surface area contributed by atoms with Crippen molar-refractivity contribution in [2.45, 2.75) is 26.8 Å². The van der Waals surface area contributed by atoms with Gasteiger partial charge in [-0.3, -0.25) is 4.79 Å². The molecule has 0 bridgehead atoms. The van der Waals surface area contributed by atoms with Crippen molar-refractivity contribution in [3.63, 3.8) is 0 Å². The summed E-state index contributed by atoms with van der Waals surface area (Å²) >= 11 is 0. The monoisotopic (exact) mass is 408 g/mol. The molecule has 0 spiro atoms. The summed E-state index contributed by atoms with van der Waals surface area (Å²) in [5, 5.41) is 11.7. The summed E-state index contributed by atoms with van der Waals surface area (Å²) < 4.78 is 11.0. The number of ether oxygens (including phenoxy) is 2. The van der Waals surface area contributed by atoms with Crippen LogP contribution >= 0.6 is 0 Å². The first-order chi connectivity index (χ1) is 14.4. The van der Waals surface area contributed by atoms with Gasteiger partial charge in [0.15, 0.2) is 11.4 Å². The van der Waals surface area contributed by atoms with Gasteiger partial charge in [0.05, 0.1) is 18.8 Å². The van der Waals surface area contributed by atoms with E-state index in [1.54, 1.807) is 25.2 Å². The van der Waals surface area contributed by atoms with Gasteiger partial charge in [-0.15, -0.1) is 0 Å². The van der Waals surface area contributed by atoms with Gasteiger partial charge in [-0.2, -0.15) is 0 Å². The molecule has 0 saturated heterocycles. The number of aromatic hydroxyl groups is 1. The Morgan fingerprint density at radius 1 is 1.07 bits per heavy atom. The molecule has 0 radical (unpaired) electrons. The molecule has 1 aromatic heterocycles. The molecular weight excluding hydrogens is 384 g/mol. The van der Waals surface area contributed by atoms with Crippen molar-refractivity contribution in [2.24, 2.45) is 0 Å². The number of hydrogen-bond acceptors (Lipinski definition) is 6. The Kier molecular flexibility index (Phi) is 6.51. The van der Waals surface area contributed by atoms with Crippen LogP contribution in [0.15, 0.2) is 48.5 Å². The average molecular weight is 408 g/mol. The second-order valence-corrected chi connectivity index (χ2v) is 6.89. The second kappa shape index (κ2) is 9.26. The van der Waals surface area contributed by atoms with Crippen molar-refractivity contribution in [1.29, 1.82) is 0 Å². The van der Waals surface area contributed by atoms with E-state index in [4.69, 9.17) is 9.47 Å². The van der Waals surface area contributed by atoms with Crippen LogP contribution in [0, 0.1) is 0 Å². The number of para-hydroxylation sites is 1. The van der Waals surface area contributed by atoms with Crippen molar-refractivity contribution < 1.29 is 24.2 Å². The molecule has 156 valence electrons. The Morgan fingerprint density at radius 2 is 1.80 bits per heavy atom. The molecule has 1 N–H and O–H groups in total. The van der Waals surface area contributed by atoms with Crippen LogP contribution in [0.1, 0.15) is 36.5 Å². The summed E-state index contributed by atoms with van der Waals surface area (Å²) in [4.78, 5) is 30.0. The minimum absolute atomic E-state index is 0.148. The third-order valence-electron chi connectivity index (χ3n) is 4.56. The molecule has 0 aliphatic carbocycles. The maximum absolute atomic E-state index is 12.4. The lowest BCUT2D eigenvalue weighted by Crippen LogP contribution is -2.24. The number of aromatic nitrogens is 1. The number of rotatable bonds is 7. The fourth-order valence-corrected chi connectivity index (χ4v) is 2.89. The highest BCUT2D eigenvalue weighted by Gasteiger charge is 2.22. The Bertz CT molecular complexity index is 1070. The molecule has 0 fully saturated rings. The molecule has 1 heterocycles. The maximum Gasteiger partial charge on any atom is 0.360 e. The van der Waals surface area contributed by atoms with Gasteiger partial charge in [-0.05, 0) is 36.8 Å². The van der Waals surface area contributed by atoms with E-state index in [0.29, 0.717) is 34.4 Å². The Labute approximate surface area is 174 Å². The molecule has 0 atom stereocenters. The lowest BCUT2D eigenvalue weighted by Gasteiger charge is -2.18. The van der Waals surface area contributed by atoms with Crippen LogP contribution in [0.3, 0.4) is 0 Å². The van der Waals surface area contributed by atoms with E-state index in [1.807, 2.05) is 37.3 Å². The zero-order chi connectivity index (χ0) is 21.7. The molecule has 3 aromatic rings. The first-order valence-corrected chi connectivity index (χ1v) is 9.68. The van der Waals surface area contributed by atoms with E-state index in [2.05, 4.69) is 4.98 Å². The van der Waals surface area contributed by atoms with Crippen LogP contribution < -0.4 is 4.74 Å². The minimum Gasteiger partial charge on any atom is -0.505 e. The van der Waals surface area contributed by atoms with E-state index >= 15 is 0 Å². The quantitative estimate of drug-likeness (QED) is 0.587. The number of esters is 1. The van der Waals surface area contributed by atoms with E-state index in [9.17, 15) is 14.7 Å². The summed E-state index contributed by atoms with van der Waals surface area (Å²) in [6, 6.07) is 14.4. The van der Waals surface area contributed by atoms with Gasteiger partial charge in [-0.1, -0.05) is 25.1 Å². The third-order valence-corrected chi connectivity index (χ3v) is 4.56. The molecule has 3 rings (SSSR count). The van der Waals surface area contributed by atoms with Crippen LogP contribution in [-0.4, -0.2) is 40.5 Å². The zero-order valence-corrected chi connectivity index (χ0v) is 17.2. The van der Waals surface area contributed by atoms with Gasteiger partial charge in [-0.25, -0.2) is 9.78 Å². The molecule has 30 heavy (non-hydrogen) atoms. The molecule has 0 aliphatic rings. The molecule has 0 unspecified atom stereocenters. The third kappa shape index (κ3) is 4.68. The van der Waals surface area contributed by atoms with Gasteiger partial charge < -0.3 is 19.5 Å². The van der Waals surface area contributed by atoms with Crippen molar-refractivity contribution in [1.82, 2.24) is 9.88 Å². The summed E-state index contributed by atoms with van der Waals surface area (Å²) in [7, 11) is 1.64. The topological polar surface area (TPSA) is 89.0 Å². The lowest BCUT2D eigenvalue weighted by molar-refractivity contribution is -0.128. The first kappa shape index (κ1) is 21.1. The highest BCUT2D eigenvalue weighted by Crippen LogP contribution is 2.34. The summed E-state index contributed by atoms with van der Waals surface area (Å²) in [6.45, 7) is 3.71. The van der Waals surface area contributed by atoms with Gasteiger partial charge in [0.2, 0.25) is 5.91 Å². The summed E-state index contributed by atoms with van der Waals surface area (Å²) in [5.41, 5.74) is 0.294. The second-order valence-electron chi connectivity index (χ2n) is 6.89. The SMILES string of the molecule is CCCOC(=O)c1nc(CN(C)C(C)=O)c2cc(Oc3ccccc3)ccc2c1O. The van der Waals surface area contributed by atoms with Gasteiger partial charge >= 0.3 is 5.97 Å². The standard InChI is InChI=1S/C23H24N2O5/c1-4-12-29-23(28)21-22(27)18-11-10-17(30-16-8-6-5-7-9-16)13-19(18)20(24-21)14-25(3)15(2)26/h5-11,13,27H,4,12,14H2,1-3H3. The van der Waals surface area contributed by atoms with Crippen LogP contribution in [-0.2, 0) is 16.1 Å². The Hall–Kier alpha value is -3.61. The van der Waals surface area contributed by atoms with Gasteiger partial charge in [0, 0.05) is 24.7 Å². The number of carbonyl (C=O) groups excluding carboxylic acids is 2. The Morgan fingerprint density at radius 3 is 2.47 bits per heavy atom. The zero-order valence-electron chi connectivity index (χ0n) is 17.2. The predicted molar refractivity (Wildman–Crippen MR) is 113 cm³/mol. The number of benzene rings is 2. The molecule has 7 nitrogen and oxygen atoms in total. The van der Waals surface area contributed by atoms with Crippen molar-refractivity contribution in [2.75, 3.05) is 13.7 Å². The van der Waals surface area contributed by atoms with Crippen LogP contribution in [0.25, 0.3) is 10.8 Å². The van der Waals surface area contributed by atoms with Gasteiger partial charge in [0.1, 0.15) is 11.5 Å². The number of hydrogen-bond donors (Lipinski definition) is 1. The maximum atomic E-state index is 12.4. The Balaban J connectivity index is 2.09. The highest BCUT2D eigenvalue weighted by molar-refractivity contribution is 6.00. The molecule has 1 amide bonds. The molecular formula is C23H24N2O5. The number of fused-ring (bicyclic) bond motifs is 1. The molecule has 2 aromatic carbocycles. The van der Waals surface area contributed by atoms with Crippen LogP contribution in [0.2, 0.25) is 0 Å². The normalized spacial score (nSPS) is 10.6. The van der Waals surface area contributed by atoms with E-state index in [-0.39, 0.29) is 30.5 Å². The summed E-state index contributed by atoms with van der Waals surface area (Å²) in [6.07, 6.45) is 0.653. The highest BCUT2D eigenvalue weighted by atomic mass is 16.5. The van der Waals surface area contributed by atoms with E-state index in [0.717, 1.165) is 0 Å². The lowest BCUT2D eigenvalue weighted by atomic mass is 10.1. The van der Waals surface area contributed by atoms with E-state index < -0.39 is 5.97 Å². The van der Waals surface area contributed by atoms with Crippen molar-refractivity contribution in [3.8, 4) is 17.2 Å². The van der Waals surface area contributed by atoms with E-state index in [1.165, 1.54) is 11.8 Å². The number of nitrogens with zero attached hydrogens (tertiary/aromatic N) is 2. The molecule has 0 aliphatic heterocycles. The average Bonchev–Trinajstić information content (AvgIpc) is 2.74. The van der Waals surface area contributed by atoms with Gasteiger partial charge in [0.25, 0.3) is 0 Å². The number of carbonyl (C=O) groups is 2. The van der Waals surface area contributed by atoms with Crippen LogP contribution in [0.4, 0.5) is 0 Å². The fourth-order valence-electron chi connectivity index (χ4n) is 2.89.